The number of nitro benzene ring substituents is 1. The Bertz CT molecular complexity index is 1320. The molecule has 4 aromatic rings. The van der Waals surface area contributed by atoms with E-state index in [1.54, 1.807) is 30.3 Å². The van der Waals surface area contributed by atoms with Crippen molar-refractivity contribution in [1.82, 2.24) is 20.1 Å². The van der Waals surface area contributed by atoms with Crippen LogP contribution in [0.15, 0.2) is 79.0 Å². The summed E-state index contributed by atoms with van der Waals surface area (Å²) in [6, 6.07) is 21.7. The second-order valence-corrected chi connectivity index (χ2v) is 8.58. The van der Waals surface area contributed by atoms with Gasteiger partial charge in [0, 0.05) is 42.7 Å². The topological polar surface area (TPSA) is 117 Å². The summed E-state index contributed by atoms with van der Waals surface area (Å²) in [6.07, 6.45) is 3.13. The molecule has 0 bridgehead atoms. The Balaban J connectivity index is 1.37. The zero-order chi connectivity index (χ0) is 25.5. The summed E-state index contributed by atoms with van der Waals surface area (Å²) in [5.41, 5.74) is 4.14. The van der Waals surface area contributed by atoms with Gasteiger partial charge in [-0.25, -0.2) is 0 Å². The summed E-state index contributed by atoms with van der Waals surface area (Å²) in [7, 11) is 1.70. The van der Waals surface area contributed by atoms with Gasteiger partial charge in [-0.05, 0) is 50.1 Å². The first kappa shape index (κ1) is 24.6. The number of rotatable bonds is 10. The second kappa shape index (κ2) is 11.3. The summed E-state index contributed by atoms with van der Waals surface area (Å²) in [4.78, 5) is 30.1. The van der Waals surface area contributed by atoms with Crippen molar-refractivity contribution < 1.29 is 9.72 Å². The van der Waals surface area contributed by atoms with Crippen LogP contribution < -0.4 is 5.32 Å². The Morgan fingerprint density at radius 2 is 1.89 bits per heavy atom. The number of nitrogens with zero attached hydrogens (tertiary/aromatic N) is 4. The van der Waals surface area contributed by atoms with Crippen molar-refractivity contribution in [3.63, 3.8) is 0 Å². The molecular formula is C27H28N6O3. The molecule has 2 N–H and O–H groups in total. The van der Waals surface area contributed by atoms with E-state index in [4.69, 9.17) is 0 Å². The number of aromatic nitrogens is 3. The minimum absolute atomic E-state index is 0.150. The lowest BCUT2D eigenvalue weighted by atomic mass is 10.1. The molecule has 0 fully saturated rings. The van der Waals surface area contributed by atoms with E-state index in [1.165, 1.54) is 6.07 Å². The average molecular weight is 485 g/mol. The molecule has 184 valence electrons. The van der Waals surface area contributed by atoms with Crippen LogP contribution in [-0.2, 0) is 6.42 Å². The smallest absolute Gasteiger partial charge is 0.293 e. The predicted molar refractivity (Wildman–Crippen MR) is 139 cm³/mol. The van der Waals surface area contributed by atoms with Gasteiger partial charge in [0.2, 0.25) is 0 Å². The maximum atomic E-state index is 13.0. The van der Waals surface area contributed by atoms with E-state index in [0.717, 1.165) is 35.5 Å². The minimum atomic E-state index is -0.479. The molecule has 2 aromatic carbocycles. The molecule has 0 spiro atoms. The van der Waals surface area contributed by atoms with Gasteiger partial charge in [0.15, 0.2) is 0 Å². The molecule has 1 unspecified atom stereocenters. The summed E-state index contributed by atoms with van der Waals surface area (Å²) in [6.45, 7) is 2.38. The van der Waals surface area contributed by atoms with E-state index in [9.17, 15) is 14.9 Å². The van der Waals surface area contributed by atoms with E-state index in [0.29, 0.717) is 12.2 Å². The lowest BCUT2D eigenvalue weighted by Crippen LogP contribution is -2.28. The van der Waals surface area contributed by atoms with Crippen molar-refractivity contribution in [2.24, 2.45) is 0 Å². The van der Waals surface area contributed by atoms with Gasteiger partial charge in [-0.15, -0.1) is 0 Å². The molecule has 0 saturated heterocycles. The van der Waals surface area contributed by atoms with Gasteiger partial charge in [0.05, 0.1) is 22.4 Å². The first-order valence-corrected chi connectivity index (χ1v) is 11.7. The number of H-pyrrole nitrogens is 1. The molecule has 2 heterocycles. The van der Waals surface area contributed by atoms with Crippen molar-refractivity contribution in [2.45, 2.75) is 25.8 Å². The van der Waals surface area contributed by atoms with Crippen LogP contribution in [0.4, 0.5) is 11.4 Å². The van der Waals surface area contributed by atoms with Gasteiger partial charge in [-0.3, -0.25) is 25.0 Å². The number of hydrogen-bond donors (Lipinski definition) is 2. The van der Waals surface area contributed by atoms with Crippen LogP contribution in [-0.4, -0.2) is 44.5 Å². The minimum Gasteiger partial charge on any atom is -0.371 e. The summed E-state index contributed by atoms with van der Waals surface area (Å²) < 4.78 is 0. The molecule has 4 rings (SSSR count). The lowest BCUT2D eigenvalue weighted by molar-refractivity contribution is -0.384. The van der Waals surface area contributed by atoms with Crippen molar-refractivity contribution in [2.75, 3.05) is 18.9 Å². The number of hydrogen-bond acceptors (Lipinski definition) is 6. The second-order valence-electron chi connectivity index (χ2n) is 8.58. The summed E-state index contributed by atoms with van der Waals surface area (Å²) >= 11 is 0. The van der Waals surface area contributed by atoms with E-state index in [1.807, 2.05) is 61.5 Å². The van der Waals surface area contributed by atoms with Crippen molar-refractivity contribution in [3.05, 3.63) is 106 Å². The van der Waals surface area contributed by atoms with Crippen LogP contribution in [0.5, 0.6) is 0 Å². The van der Waals surface area contributed by atoms with Crippen LogP contribution in [0, 0.1) is 10.1 Å². The Morgan fingerprint density at radius 1 is 1.11 bits per heavy atom. The highest BCUT2D eigenvalue weighted by Crippen LogP contribution is 2.29. The van der Waals surface area contributed by atoms with Gasteiger partial charge in [0.25, 0.3) is 11.6 Å². The van der Waals surface area contributed by atoms with Crippen LogP contribution in [0.25, 0.3) is 11.3 Å². The maximum Gasteiger partial charge on any atom is 0.293 e. The number of carbonyl (C=O) groups is 1. The highest BCUT2D eigenvalue weighted by Gasteiger charge is 2.21. The summed E-state index contributed by atoms with van der Waals surface area (Å²) in [5, 5.41) is 22.3. The fourth-order valence-corrected chi connectivity index (χ4v) is 3.95. The quantitative estimate of drug-likeness (QED) is 0.234. The number of anilines is 1. The van der Waals surface area contributed by atoms with E-state index < -0.39 is 4.92 Å². The molecule has 1 atom stereocenters. The van der Waals surface area contributed by atoms with Gasteiger partial charge in [-0.1, -0.05) is 36.4 Å². The molecule has 0 saturated carbocycles. The number of amides is 1. The molecule has 0 aliphatic carbocycles. The van der Waals surface area contributed by atoms with Crippen LogP contribution in [0.3, 0.4) is 0 Å². The Hall–Kier alpha value is -4.53. The first-order valence-electron chi connectivity index (χ1n) is 11.7. The van der Waals surface area contributed by atoms with Gasteiger partial charge in [-0.2, -0.15) is 5.10 Å². The molecule has 0 aliphatic heterocycles. The molecule has 9 nitrogen and oxygen atoms in total. The molecule has 0 aliphatic rings. The van der Waals surface area contributed by atoms with Crippen molar-refractivity contribution in [3.8, 4) is 11.3 Å². The predicted octanol–water partition coefficient (Wildman–Crippen LogP) is 5.26. The zero-order valence-electron chi connectivity index (χ0n) is 20.2. The number of pyridine rings is 1. The number of carbonyl (C=O) groups excluding carboxylic acids is 1. The van der Waals surface area contributed by atoms with E-state index in [2.05, 4.69) is 20.5 Å². The molecule has 36 heavy (non-hydrogen) atoms. The third kappa shape index (κ3) is 5.93. The largest absolute Gasteiger partial charge is 0.371 e. The number of nitrogens with one attached hydrogen (secondary N) is 2. The highest BCUT2D eigenvalue weighted by molar-refractivity contribution is 5.95. The maximum absolute atomic E-state index is 13.0. The van der Waals surface area contributed by atoms with Gasteiger partial charge in [0.1, 0.15) is 5.69 Å². The number of aryl methyl sites for hydroxylation is 1. The normalized spacial score (nSPS) is 11.6. The van der Waals surface area contributed by atoms with Crippen molar-refractivity contribution >= 4 is 17.3 Å². The fraction of sp³-hybridized carbons (Fsp3) is 0.222. The first-order chi connectivity index (χ1) is 17.4. The number of aromatic amines is 1. The van der Waals surface area contributed by atoms with Crippen LogP contribution in [0.2, 0.25) is 0 Å². The molecular weight excluding hydrogens is 456 g/mol. The molecule has 0 radical (unpaired) electrons. The SMILES string of the molecule is CC(Nc1ccc(C(=O)N(C)CCCc2cc(-c3ccccc3)n[nH]2)cc1[N+](=O)[O-])c1ccccn1. The summed E-state index contributed by atoms with van der Waals surface area (Å²) in [5.74, 6) is -0.267. The average Bonchev–Trinajstić information content (AvgIpc) is 3.38. The Kier molecular flexibility index (Phi) is 7.69. The standard InChI is InChI=1S/C27H28N6O3/c1-19(23-12-6-7-15-28-23)29-24-14-13-21(17-26(24)33(35)36)27(34)32(2)16-8-11-22-18-25(31-30-22)20-9-4-3-5-10-20/h3-7,9-10,12-15,17-19,29H,8,11,16H2,1-2H3,(H,30,31). The number of benzene rings is 2. The molecule has 2 aromatic heterocycles. The zero-order valence-corrected chi connectivity index (χ0v) is 20.2. The lowest BCUT2D eigenvalue weighted by Gasteiger charge is -2.18. The van der Waals surface area contributed by atoms with Crippen LogP contribution in [0.1, 0.15) is 41.1 Å². The van der Waals surface area contributed by atoms with Gasteiger partial charge < -0.3 is 10.2 Å². The third-order valence-corrected chi connectivity index (χ3v) is 5.93. The Morgan fingerprint density at radius 3 is 2.61 bits per heavy atom. The fourth-order valence-electron chi connectivity index (χ4n) is 3.95. The monoisotopic (exact) mass is 484 g/mol. The molecule has 1 amide bonds. The van der Waals surface area contributed by atoms with E-state index >= 15 is 0 Å². The van der Waals surface area contributed by atoms with Crippen LogP contribution >= 0.6 is 0 Å². The van der Waals surface area contributed by atoms with Gasteiger partial charge >= 0.3 is 0 Å². The Labute approximate surface area is 209 Å². The third-order valence-electron chi connectivity index (χ3n) is 5.93. The highest BCUT2D eigenvalue weighted by atomic mass is 16.6. The van der Waals surface area contributed by atoms with E-state index in [-0.39, 0.29) is 23.2 Å². The molecule has 9 heteroatoms. The number of nitro groups is 1. The van der Waals surface area contributed by atoms with Crippen molar-refractivity contribution in [1.29, 1.82) is 0 Å².